The number of carbonyl (C=O) groups excluding carboxylic acids is 1. The molecule has 2 aromatic carbocycles. The molecule has 1 aliphatic heterocycles. The lowest BCUT2D eigenvalue weighted by molar-refractivity contribution is -0.139. The SMILES string of the molecule is CCCC1=C(C(=O)OCC)C(c2ccccc2OC)n2c(s/c(=C\c3ccc(Cl)cc3)c2=O)=N1. The summed E-state index contributed by atoms with van der Waals surface area (Å²) < 4.78 is 13.1. The summed E-state index contributed by atoms with van der Waals surface area (Å²) in [6.07, 6.45) is 3.19. The number of hydrogen-bond acceptors (Lipinski definition) is 6. The molecule has 1 atom stereocenters. The monoisotopic (exact) mass is 496 g/mol. The van der Waals surface area contributed by atoms with Crippen molar-refractivity contribution in [3.8, 4) is 5.75 Å². The fourth-order valence-electron chi connectivity index (χ4n) is 4.02. The lowest BCUT2D eigenvalue weighted by Crippen LogP contribution is -2.40. The third-order valence-corrected chi connectivity index (χ3v) is 6.73. The van der Waals surface area contributed by atoms with E-state index < -0.39 is 12.0 Å². The summed E-state index contributed by atoms with van der Waals surface area (Å²) in [6, 6.07) is 14.0. The number of thiazole rings is 1. The van der Waals surface area contributed by atoms with Gasteiger partial charge >= 0.3 is 5.97 Å². The summed E-state index contributed by atoms with van der Waals surface area (Å²) in [5, 5.41) is 0.623. The molecule has 0 saturated carbocycles. The number of aromatic nitrogens is 1. The van der Waals surface area contributed by atoms with E-state index in [4.69, 9.17) is 26.1 Å². The van der Waals surface area contributed by atoms with Crippen molar-refractivity contribution in [1.29, 1.82) is 0 Å². The quantitative estimate of drug-likeness (QED) is 0.459. The molecule has 3 aromatic rings. The number of ether oxygens (including phenoxy) is 2. The predicted molar refractivity (Wildman–Crippen MR) is 134 cm³/mol. The van der Waals surface area contributed by atoms with Gasteiger partial charge < -0.3 is 9.47 Å². The van der Waals surface area contributed by atoms with Crippen LogP contribution in [0.3, 0.4) is 0 Å². The molecule has 0 bridgehead atoms. The van der Waals surface area contributed by atoms with E-state index in [0.717, 1.165) is 12.0 Å². The Bertz CT molecular complexity index is 1420. The fourth-order valence-corrected chi connectivity index (χ4v) is 5.16. The van der Waals surface area contributed by atoms with Crippen LogP contribution in [0.2, 0.25) is 5.02 Å². The smallest absolute Gasteiger partial charge is 0.338 e. The van der Waals surface area contributed by atoms with Crippen LogP contribution >= 0.6 is 22.9 Å². The van der Waals surface area contributed by atoms with Crippen molar-refractivity contribution in [2.45, 2.75) is 32.7 Å². The molecular formula is C26H25ClN2O4S. The van der Waals surface area contributed by atoms with Gasteiger partial charge in [-0.15, -0.1) is 0 Å². The summed E-state index contributed by atoms with van der Waals surface area (Å²) >= 11 is 7.31. The van der Waals surface area contributed by atoms with Crippen molar-refractivity contribution >= 4 is 35.0 Å². The van der Waals surface area contributed by atoms with Gasteiger partial charge in [0.1, 0.15) is 11.8 Å². The number of halogens is 1. The molecule has 4 rings (SSSR count). The van der Waals surface area contributed by atoms with Crippen molar-refractivity contribution in [1.82, 2.24) is 4.57 Å². The largest absolute Gasteiger partial charge is 0.496 e. The number of esters is 1. The molecule has 1 aliphatic rings. The molecule has 0 radical (unpaired) electrons. The second-order valence-electron chi connectivity index (χ2n) is 7.71. The molecule has 8 heteroatoms. The maximum Gasteiger partial charge on any atom is 0.338 e. The van der Waals surface area contributed by atoms with Crippen LogP contribution in [0.15, 0.2) is 69.6 Å². The second-order valence-corrected chi connectivity index (χ2v) is 9.15. The first-order chi connectivity index (χ1) is 16.5. The van der Waals surface area contributed by atoms with Gasteiger partial charge in [-0.05, 0) is 43.2 Å². The Morgan fingerprint density at radius 2 is 1.91 bits per heavy atom. The first kappa shape index (κ1) is 24.0. The maximum absolute atomic E-state index is 13.7. The molecule has 0 N–H and O–H groups in total. The number of fused-ring (bicyclic) bond motifs is 1. The van der Waals surface area contributed by atoms with Crippen molar-refractivity contribution in [3.05, 3.63) is 95.6 Å². The van der Waals surface area contributed by atoms with E-state index in [9.17, 15) is 9.59 Å². The minimum Gasteiger partial charge on any atom is -0.496 e. The third kappa shape index (κ3) is 4.58. The van der Waals surface area contributed by atoms with Gasteiger partial charge in [0.2, 0.25) is 0 Å². The lowest BCUT2D eigenvalue weighted by Gasteiger charge is -2.26. The van der Waals surface area contributed by atoms with Gasteiger partial charge in [0.15, 0.2) is 4.80 Å². The first-order valence-corrected chi connectivity index (χ1v) is 12.3. The molecule has 2 heterocycles. The molecule has 6 nitrogen and oxygen atoms in total. The van der Waals surface area contributed by atoms with Crippen molar-refractivity contribution in [3.63, 3.8) is 0 Å². The van der Waals surface area contributed by atoms with Crippen LogP contribution in [-0.2, 0) is 9.53 Å². The summed E-state index contributed by atoms with van der Waals surface area (Å²) in [5.41, 5.74) is 2.33. The standard InChI is InChI=1S/C26H25ClN2O4S/c1-4-8-19-22(25(31)33-5-2)23(18-9-6-7-10-20(18)32-3)29-24(30)21(34-26(29)28-19)15-16-11-13-17(27)14-12-16/h6-7,9-15,23H,4-5,8H2,1-3H3/b21-15-. The number of allylic oxidation sites excluding steroid dienone is 1. The molecule has 0 aliphatic carbocycles. The number of benzene rings is 2. The van der Waals surface area contributed by atoms with Gasteiger partial charge in [0.25, 0.3) is 5.56 Å². The maximum atomic E-state index is 13.7. The van der Waals surface area contributed by atoms with Gasteiger partial charge in [-0.1, -0.05) is 66.6 Å². The van der Waals surface area contributed by atoms with E-state index in [2.05, 4.69) is 0 Å². The zero-order valence-electron chi connectivity index (χ0n) is 19.2. The molecule has 34 heavy (non-hydrogen) atoms. The van der Waals surface area contributed by atoms with Gasteiger partial charge in [-0.25, -0.2) is 9.79 Å². The van der Waals surface area contributed by atoms with E-state index in [1.54, 1.807) is 30.7 Å². The van der Waals surface area contributed by atoms with E-state index >= 15 is 0 Å². The van der Waals surface area contributed by atoms with E-state index in [-0.39, 0.29) is 12.2 Å². The van der Waals surface area contributed by atoms with Crippen LogP contribution in [0.5, 0.6) is 5.75 Å². The molecule has 0 saturated heterocycles. The Morgan fingerprint density at radius 1 is 1.18 bits per heavy atom. The van der Waals surface area contributed by atoms with Crippen LogP contribution in [0, 0.1) is 0 Å². The van der Waals surface area contributed by atoms with Crippen LogP contribution in [-0.4, -0.2) is 24.3 Å². The van der Waals surface area contributed by atoms with Gasteiger partial charge in [-0.3, -0.25) is 9.36 Å². The molecular weight excluding hydrogens is 472 g/mol. The Hall–Kier alpha value is -3.16. The number of methoxy groups -OCH3 is 1. The van der Waals surface area contributed by atoms with Crippen molar-refractivity contribution < 1.29 is 14.3 Å². The normalized spacial score (nSPS) is 15.6. The highest BCUT2D eigenvalue weighted by Gasteiger charge is 2.35. The average molecular weight is 497 g/mol. The minimum atomic E-state index is -0.708. The highest BCUT2D eigenvalue weighted by atomic mass is 35.5. The van der Waals surface area contributed by atoms with E-state index in [0.29, 0.717) is 43.4 Å². The van der Waals surface area contributed by atoms with Crippen LogP contribution in [0.1, 0.15) is 43.9 Å². The molecule has 176 valence electrons. The molecule has 1 unspecified atom stereocenters. The Morgan fingerprint density at radius 3 is 2.59 bits per heavy atom. The predicted octanol–water partition coefficient (Wildman–Crippen LogP) is 4.24. The summed E-state index contributed by atoms with van der Waals surface area (Å²) in [4.78, 5) is 32.2. The number of carbonyl (C=O) groups is 1. The van der Waals surface area contributed by atoms with E-state index in [1.807, 2.05) is 49.4 Å². The van der Waals surface area contributed by atoms with Crippen molar-refractivity contribution in [2.75, 3.05) is 13.7 Å². The van der Waals surface area contributed by atoms with Crippen molar-refractivity contribution in [2.24, 2.45) is 4.99 Å². The highest BCUT2D eigenvalue weighted by molar-refractivity contribution is 7.07. The van der Waals surface area contributed by atoms with E-state index in [1.165, 1.54) is 11.3 Å². The average Bonchev–Trinajstić information content (AvgIpc) is 3.14. The van der Waals surface area contributed by atoms with Crippen LogP contribution < -0.4 is 19.6 Å². The number of nitrogens with zero attached hydrogens (tertiary/aromatic N) is 2. The van der Waals surface area contributed by atoms with Gasteiger partial charge in [0.05, 0.1) is 29.5 Å². The summed E-state index contributed by atoms with van der Waals surface area (Å²) in [7, 11) is 1.57. The zero-order valence-corrected chi connectivity index (χ0v) is 20.8. The second kappa shape index (κ2) is 10.4. The fraction of sp³-hybridized carbons (Fsp3) is 0.269. The topological polar surface area (TPSA) is 69.9 Å². The highest BCUT2D eigenvalue weighted by Crippen LogP contribution is 2.36. The molecule has 0 spiro atoms. The Kier molecular flexibility index (Phi) is 7.34. The van der Waals surface area contributed by atoms with Gasteiger partial charge in [0, 0.05) is 10.6 Å². The molecule has 0 amide bonds. The van der Waals surface area contributed by atoms with Crippen LogP contribution in [0.25, 0.3) is 6.08 Å². The lowest BCUT2D eigenvalue weighted by atomic mass is 9.93. The third-order valence-electron chi connectivity index (χ3n) is 5.49. The summed E-state index contributed by atoms with van der Waals surface area (Å²) in [5.74, 6) is 0.108. The first-order valence-electron chi connectivity index (χ1n) is 11.1. The molecule has 0 fully saturated rings. The summed E-state index contributed by atoms with van der Waals surface area (Å²) in [6.45, 7) is 4.01. The number of para-hydroxylation sites is 1. The number of hydrogen-bond donors (Lipinski definition) is 0. The number of rotatable bonds is 7. The van der Waals surface area contributed by atoms with Gasteiger partial charge in [-0.2, -0.15) is 0 Å². The Labute approximate surface area is 206 Å². The van der Waals surface area contributed by atoms with Crippen LogP contribution in [0.4, 0.5) is 0 Å². The minimum absolute atomic E-state index is 0.224. The molecule has 1 aromatic heterocycles. The zero-order chi connectivity index (χ0) is 24.2. The Balaban J connectivity index is 2.02.